The first kappa shape index (κ1) is 18.5. The number of pyridine rings is 1. The van der Waals surface area contributed by atoms with E-state index in [2.05, 4.69) is 4.98 Å². The van der Waals surface area contributed by atoms with Crippen molar-refractivity contribution in [1.29, 1.82) is 0 Å². The number of aromatic nitrogens is 1. The molecule has 1 amide bonds. The van der Waals surface area contributed by atoms with Crippen LogP contribution in [0.5, 0.6) is 0 Å². The lowest BCUT2D eigenvalue weighted by Gasteiger charge is -2.37. The molecule has 3 heterocycles. The summed E-state index contributed by atoms with van der Waals surface area (Å²) >= 11 is 0. The molecule has 2 aliphatic heterocycles. The summed E-state index contributed by atoms with van der Waals surface area (Å²) in [6, 6.07) is 2.34. The molecule has 0 radical (unpaired) electrons. The molecule has 1 aromatic heterocycles. The standard InChI is InChI=1S/C17H20F3N3O3/c1-16(2)12(9-14(24)26-16)15(25)23-7-5-22(6-8-23)13-4-3-11(10-21-13)17(18,19)20/h3-4,10,12H,5-9H2,1-2H3/t12-/m1/s1. The highest BCUT2D eigenvalue weighted by atomic mass is 19.4. The van der Waals surface area contributed by atoms with E-state index in [0.717, 1.165) is 12.3 Å². The number of cyclic esters (lactones) is 1. The van der Waals surface area contributed by atoms with Crippen molar-refractivity contribution in [1.82, 2.24) is 9.88 Å². The van der Waals surface area contributed by atoms with E-state index >= 15 is 0 Å². The van der Waals surface area contributed by atoms with Crippen molar-refractivity contribution < 1.29 is 27.5 Å². The van der Waals surface area contributed by atoms with Crippen molar-refractivity contribution in [3.05, 3.63) is 23.9 Å². The second-order valence-electron chi connectivity index (χ2n) is 7.05. The fourth-order valence-electron chi connectivity index (χ4n) is 3.32. The first-order valence-corrected chi connectivity index (χ1v) is 8.37. The second kappa shape index (κ2) is 6.44. The van der Waals surface area contributed by atoms with E-state index < -0.39 is 23.3 Å². The molecule has 0 aromatic carbocycles. The molecule has 142 valence electrons. The summed E-state index contributed by atoms with van der Waals surface area (Å²) in [4.78, 5) is 31.6. The predicted molar refractivity (Wildman–Crippen MR) is 86.3 cm³/mol. The van der Waals surface area contributed by atoms with Gasteiger partial charge < -0.3 is 14.5 Å². The van der Waals surface area contributed by atoms with Gasteiger partial charge in [-0.25, -0.2) is 4.98 Å². The van der Waals surface area contributed by atoms with E-state index in [1.165, 1.54) is 6.07 Å². The molecular formula is C17H20F3N3O3. The van der Waals surface area contributed by atoms with E-state index in [-0.39, 0.29) is 18.3 Å². The average Bonchev–Trinajstić information content (AvgIpc) is 2.86. The van der Waals surface area contributed by atoms with Gasteiger partial charge in [0.15, 0.2) is 0 Å². The van der Waals surface area contributed by atoms with Gasteiger partial charge in [-0.15, -0.1) is 0 Å². The van der Waals surface area contributed by atoms with Gasteiger partial charge >= 0.3 is 12.1 Å². The van der Waals surface area contributed by atoms with E-state index in [4.69, 9.17) is 4.74 Å². The molecule has 1 aromatic rings. The molecule has 26 heavy (non-hydrogen) atoms. The highest BCUT2D eigenvalue weighted by molar-refractivity contribution is 5.87. The summed E-state index contributed by atoms with van der Waals surface area (Å²) < 4.78 is 43.0. The summed E-state index contributed by atoms with van der Waals surface area (Å²) in [6.07, 6.45) is -3.52. The average molecular weight is 371 g/mol. The van der Waals surface area contributed by atoms with Gasteiger partial charge in [0.05, 0.1) is 17.9 Å². The van der Waals surface area contributed by atoms with E-state index in [1.54, 1.807) is 18.7 Å². The number of anilines is 1. The van der Waals surface area contributed by atoms with E-state index in [0.29, 0.717) is 32.0 Å². The van der Waals surface area contributed by atoms with Crippen LogP contribution in [-0.2, 0) is 20.5 Å². The van der Waals surface area contributed by atoms with Gasteiger partial charge in [-0.1, -0.05) is 0 Å². The fraction of sp³-hybridized carbons (Fsp3) is 0.588. The van der Waals surface area contributed by atoms with Crippen molar-refractivity contribution >= 4 is 17.7 Å². The third kappa shape index (κ3) is 3.61. The Morgan fingerprint density at radius 3 is 2.35 bits per heavy atom. The van der Waals surface area contributed by atoms with Crippen LogP contribution in [0.25, 0.3) is 0 Å². The monoisotopic (exact) mass is 371 g/mol. The van der Waals surface area contributed by atoms with Crippen LogP contribution in [0, 0.1) is 5.92 Å². The van der Waals surface area contributed by atoms with Crippen LogP contribution in [-0.4, -0.2) is 53.5 Å². The molecule has 1 atom stereocenters. The zero-order valence-electron chi connectivity index (χ0n) is 14.5. The molecule has 2 aliphatic rings. The Bertz CT molecular complexity index is 695. The highest BCUT2D eigenvalue weighted by Gasteiger charge is 2.47. The zero-order valence-corrected chi connectivity index (χ0v) is 14.5. The van der Waals surface area contributed by atoms with Gasteiger partial charge in [0.2, 0.25) is 5.91 Å². The van der Waals surface area contributed by atoms with E-state index in [9.17, 15) is 22.8 Å². The number of hydrogen-bond donors (Lipinski definition) is 0. The van der Waals surface area contributed by atoms with Crippen molar-refractivity contribution in [2.24, 2.45) is 5.92 Å². The topological polar surface area (TPSA) is 62.7 Å². The number of alkyl halides is 3. The first-order valence-electron chi connectivity index (χ1n) is 8.37. The van der Waals surface area contributed by atoms with E-state index in [1.807, 2.05) is 4.90 Å². The number of carbonyl (C=O) groups is 2. The molecule has 6 nitrogen and oxygen atoms in total. The van der Waals surface area contributed by atoms with Crippen LogP contribution >= 0.6 is 0 Å². The molecule has 0 aliphatic carbocycles. The highest BCUT2D eigenvalue weighted by Crippen LogP contribution is 2.34. The van der Waals surface area contributed by atoms with Gasteiger partial charge in [-0.3, -0.25) is 9.59 Å². The third-order valence-corrected chi connectivity index (χ3v) is 4.88. The minimum absolute atomic E-state index is 0.0759. The maximum absolute atomic E-state index is 12.7. The number of esters is 1. The number of halogens is 3. The number of hydrogen-bond acceptors (Lipinski definition) is 5. The summed E-state index contributed by atoms with van der Waals surface area (Å²) in [7, 11) is 0. The molecule has 0 spiro atoms. The molecule has 0 unspecified atom stereocenters. The molecule has 2 fully saturated rings. The normalized spacial score (nSPS) is 23.1. The van der Waals surface area contributed by atoms with Crippen LogP contribution in [0.4, 0.5) is 19.0 Å². The Kier molecular flexibility index (Phi) is 4.58. The van der Waals surface area contributed by atoms with Crippen molar-refractivity contribution in [2.75, 3.05) is 31.1 Å². The molecule has 0 N–H and O–H groups in total. The minimum atomic E-state index is -4.41. The quantitative estimate of drug-likeness (QED) is 0.745. The summed E-state index contributed by atoms with van der Waals surface area (Å²) in [5, 5.41) is 0. The Morgan fingerprint density at radius 2 is 1.88 bits per heavy atom. The fourth-order valence-corrected chi connectivity index (χ4v) is 3.32. The molecule has 9 heteroatoms. The Morgan fingerprint density at radius 1 is 1.23 bits per heavy atom. The molecule has 0 bridgehead atoms. The summed E-state index contributed by atoms with van der Waals surface area (Å²) in [5.41, 5.74) is -1.61. The second-order valence-corrected chi connectivity index (χ2v) is 7.05. The Labute approximate surface area is 148 Å². The minimum Gasteiger partial charge on any atom is -0.459 e. The van der Waals surface area contributed by atoms with Crippen molar-refractivity contribution in [3.8, 4) is 0 Å². The Balaban J connectivity index is 1.61. The predicted octanol–water partition coefficient (Wildman–Crippen LogP) is 2.09. The molecule has 0 saturated carbocycles. The van der Waals surface area contributed by atoms with Gasteiger partial charge in [-0.05, 0) is 26.0 Å². The van der Waals surface area contributed by atoms with Crippen LogP contribution in [0.1, 0.15) is 25.8 Å². The maximum Gasteiger partial charge on any atom is 0.417 e. The lowest BCUT2D eigenvalue weighted by molar-refractivity contribution is -0.149. The first-order chi connectivity index (χ1) is 12.1. The smallest absolute Gasteiger partial charge is 0.417 e. The van der Waals surface area contributed by atoms with Crippen molar-refractivity contribution in [3.63, 3.8) is 0 Å². The van der Waals surface area contributed by atoms with Gasteiger partial charge in [0, 0.05) is 32.4 Å². The number of rotatable bonds is 2. The summed E-state index contributed by atoms with van der Waals surface area (Å²) in [6.45, 7) is 5.22. The molecule has 2 saturated heterocycles. The number of carbonyl (C=O) groups excluding carboxylic acids is 2. The largest absolute Gasteiger partial charge is 0.459 e. The van der Waals surface area contributed by atoms with Gasteiger partial charge in [-0.2, -0.15) is 13.2 Å². The Hall–Kier alpha value is -2.32. The number of piperazine rings is 1. The van der Waals surface area contributed by atoms with Gasteiger partial charge in [0.1, 0.15) is 11.4 Å². The zero-order chi connectivity index (χ0) is 19.1. The third-order valence-electron chi connectivity index (χ3n) is 4.88. The number of amides is 1. The van der Waals surface area contributed by atoms with Crippen LogP contribution < -0.4 is 4.90 Å². The lowest BCUT2D eigenvalue weighted by Crippen LogP contribution is -2.52. The van der Waals surface area contributed by atoms with Gasteiger partial charge in [0.25, 0.3) is 0 Å². The number of nitrogens with zero attached hydrogens (tertiary/aromatic N) is 3. The van der Waals surface area contributed by atoms with Crippen LogP contribution in [0.3, 0.4) is 0 Å². The molecular weight excluding hydrogens is 351 g/mol. The van der Waals surface area contributed by atoms with Crippen LogP contribution in [0.2, 0.25) is 0 Å². The summed E-state index contributed by atoms with van der Waals surface area (Å²) in [5.74, 6) is -0.558. The maximum atomic E-state index is 12.7. The van der Waals surface area contributed by atoms with Crippen LogP contribution in [0.15, 0.2) is 18.3 Å². The van der Waals surface area contributed by atoms with Crippen molar-refractivity contribution in [2.45, 2.75) is 32.0 Å². The number of ether oxygens (including phenoxy) is 1. The lowest BCUT2D eigenvalue weighted by atomic mass is 9.89. The SMILES string of the molecule is CC1(C)OC(=O)C[C@@H]1C(=O)N1CCN(c2ccc(C(F)(F)F)cn2)CC1. The molecule has 3 rings (SSSR count).